The predicted octanol–water partition coefficient (Wildman–Crippen LogP) is -0.225. The van der Waals surface area contributed by atoms with Crippen LogP contribution in [0.2, 0.25) is 0 Å². The van der Waals surface area contributed by atoms with Crippen molar-refractivity contribution in [2.24, 2.45) is 17.8 Å². The Morgan fingerprint density at radius 2 is 2.31 bits per heavy atom. The first kappa shape index (κ1) is 7.76. The molecule has 1 amide bonds. The zero-order valence-electron chi connectivity index (χ0n) is 7.51. The molecule has 72 valence electrons. The zero-order chi connectivity index (χ0) is 9.16. The zero-order valence-corrected chi connectivity index (χ0v) is 7.51. The molecule has 1 N–H and O–H groups in total. The van der Waals surface area contributed by atoms with Gasteiger partial charge in [0.2, 0.25) is 5.91 Å². The average molecular weight is 183 g/mol. The predicted molar refractivity (Wildman–Crippen MR) is 43.4 cm³/mol. The lowest BCUT2D eigenvalue weighted by molar-refractivity contribution is -0.186. The summed E-state index contributed by atoms with van der Waals surface area (Å²) >= 11 is 0. The Hall–Kier alpha value is -0.610. The van der Waals surface area contributed by atoms with Gasteiger partial charge in [0, 0.05) is 5.92 Å². The molecule has 4 heteroatoms. The smallest absolute Gasteiger partial charge is 0.249 e. The molecule has 2 aliphatic carbocycles. The summed E-state index contributed by atoms with van der Waals surface area (Å²) in [5.41, 5.74) is 0. The Morgan fingerprint density at radius 3 is 2.92 bits per heavy atom. The van der Waals surface area contributed by atoms with Crippen molar-refractivity contribution >= 4 is 5.91 Å². The van der Waals surface area contributed by atoms with Gasteiger partial charge in [0.1, 0.15) is 0 Å². The van der Waals surface area contributed by atoms with Gasteiger partial charge < -0.3 is 5.11 Å². The van der Waals surface area contributed by atoms with Crippen molar-refractivity contribution in [1.82, 2.24) is 5.06 Å². The number of nitrogens with zero attached hydrogens (tertiary/aromatic N) is 1. The van der Waals surface area contributed by atoms with E-state index in [9.17, 15) is 9.90 Å². The van der Waals surface area contributed by atoms with Crippen molar-refractivity contribution in [3.63, 3.8) is 0 Å². The van der Waals surface area contributed by atoms with Crippen molar-refractivity contribution in [2.45, 2.75) is 25.0 Å². The Morgan fingerprint density at radius 1 is 1.54 bits per heavy atom. The second kappa shape index (κ2) is 2.25. The normalized spacial score (nSPS) is 52.3. The summed E-state index contributed by atoms with van der Waals surface area (Å²) in [6.07, 6.45) is 1.51. The molecule has 1 heterocycles. The van der Waals surface area contributed by atoms with Crippen molar-refractivity contribution in [3.05, 3.63) is 0 Å². The molecule has 0 aromatic rings. The van der Waals surface area contributed by atoms with Gasteiger partial charge in [-0.05, 0) is 24.7 Å². The highest BCUT2D eigenvalue weighted by Gasteiger charge is 2.63. The van der Waals surface area contributed by atoms with Crippen molar-refractivity contribution in [2.75, 3.05) is 7.11 Å². The summed E-state index contributed by atoms with van der Waals surface area (Å²) in [4.78, 5) is 16.7. The van der Waals surface area contributed by atoms with Crippen LogP contribution in [0.1, 0.15) is 12.8 Å². The first-order chi connectivity index (χ1) is 6.24. The molecular formula is C9H13NO3. The van der Waals surface area contributed by atoms with Gasteiger partial charge in [0.25, 0.3) is 0 Å². The molecule has 5 atom stereocenters. The van der Waals surface area contributed by atoms with Gasteiger partial charge in [-0.1, -0.05) is 0 Å². The molecule has 2 bridgehead atoms. The van der Waals surface area contributed by atoms with Crippen LogP contribution in [0, 0.1) is 17.8 Å². The monoisotopic (exact) mass is 183 g/mol. The van der Waals surface area contributed by atoms with Gasteiger partial charge in [-0.3, -0.25) is 9.63 Å². The number of hydrogen-bond donors (Lipinski definition) is 1. The Labute approximate surface area is 76.4 Å². The minimum atomic E-state index is -0.354. The van der Waals surface area contributed by atoms with E-state index in [1.54, 1.807) is 0 Å². The van der Waals surface area contributed by atoms with Crippen LogP contribution in [0.3, 0.4) is 0 Å². The summed E-state index contributed by atoms with van der Waals surface area (Å²) in [6.45, 7) is 0. The number of hydroxylamine groups is 2. The van der Waals surface area contributed by atoms with E-state index in [0.717, 1.165) is 12.8 Å². The van der Waals surface area contributed by atoms with E-state index in [2.05, 4.69) is 0 Å². The molecule has 0 spiro atoms. The topological polar surface area (TPSA) is 49.8 Å². The van der Waals surface area contributed by atoms with Crippen LogP contribution < -0.4 is 0 Å². The summed E-state index contributed by atoms with van der Waals surface area (Å²) in [5.74, 6) is 0.909. The maximum absolute atomic E-state index is 11.7. The van der Waals surface area contributed by atoms with Crippen LogP contribution in [0.25, 0.3) is 0 Å². The molecule has 0 aromatic carbocycles. The van der Waals surface area contributed by atoms with Gasteiger partial charge in [-0.15, -0.1) is 0 Å². The van der Waals surface area contributed by atoms with Gasteiger partial charge in [0.15, 0.2) is 0 Å². The second-order valence-corrected chi connectivity index (χ2v) is 4.33. The Balaban J connectivity index is 2.01. The number of aliphatic hydroxyl groups excluding tert-OH is 1. The third-order valence-corrected chi connectivity index (χ3v) is 3.92. The lowest BCUT2D eigenvalue weighted by Crippen LogP contribution is -2.41. The number of amides is 1. The molecule has 4 nitrogen and oxygen atoms in total. The standard InChI is InChI=1S/C9H13NO3/c1-13-10-7-5-2-4(8(7)11)3-6(5)9(10)12/h4-8,11H,2-3H2,1H3/t4-,5+,6-,7-,8-/m0/s1. The molecule has 0 radical (unpaired) electrons. The summed E-state index contributed by atoms with van der Waals surface area (Å²) in [7, 11) is 1.50. The van der Waals surface area contributed by atoms with Crippen molar-refractivity contribution < 1.29 is 14.7 Å². The number of carbonyl (C=O) groups is 1. The summed E-state index contributed by atoms with van der Waals surface area (Å²) in [5, 5.41) is 11.2. The van der Waals surface area contributed by atoms with Crippen LogP contribution >= 0.6 is 0 Å². The highest BCUT2D eigenvalue weighted by atomic mass is 16.7. The molecule has 2 saturated carbocycles. The highest BCUT2D eigenvalue weighted by Crippen LogP contribution is 2.55. The molecular weight excluding hydrogens is 170 g/mol. The fraction of sp³-hybridized carbons (Fsp3) is 0.889. The van der Waals surface area contributed by atoms with Crippen molar-refractivity contribution in [1.29, 1.82) is 0 Å². The van der Waals surface area contributed by atoms with E-state index < -0.39 is 0 Å². The maximum atomic E-state index is 11.7. The van der Waals surface area contributed by atoms with Crippen molar-refractivity contribution in [3.8, 4) is 0 Å². The molecule has 1 aliphatic heterocycles. The van der Waals surface area contributed by atoms with Crippen LogP contribution in [-0.2, 0) is 9.63 Å². The number of aliphatic hydroxyl groups is 1. The maximum Gasteiger partial charge on any atom is 0.249 e. The minimum Gasteiger partial charge on any atom is -0.391 e. The van der Waals surface area contributed by atoms with Gasteiger partial charge in [-0.2, -0.15) is 0 Å². The molecule has 0 unspecified atom stereocenters. The number of hydrogen-bond acceptors (Lipinski definition) is 3. The number of rotatable bonds is 1. The third-order valence-electron chi connectivity index (χ3n) is 3.92. The molecule has 13 heavy (non-hydrogen) atoms. The first-order valence-corrected chi connectivity index (χ1v) is 4.79. The molecule has 3 aliphatic rings. The SMILES string of the molecule is CON1C(=O)[C@H]2C[C@@H]3C[C@H]2[C@H]1[C@H]3O. The van der Waals surface area contributed by atoms with Crippen LogP contribution in [0.5, 0.6) is 0 Å². The van der Waals surface area contributed by atoms with E-state index in [4.69, 9.17) is 4.84 Å². The van der Waals surface area contributed by atoms with Gasteiger partial charge >= 0.3 is 0 Å². The molecule has 0 aromatic heterocycles. The van der Waals surface area contributed by atoms with Gasteiger partial charge in [-0.25, -0.2) is 5.06 Å². The Bertz CT molecular complexity index is 268. The molecule has 1 saturated heterocycles. The van der Waals surface area contributed by atoms with E-state index in [0.29, 0.717) is 11.8 Å². The molecule has 3 fully saturated rings. The lowest BCUT2D eigenvalue weighted by atomic mass is 9.88. The van der Waals surface area contributed by atoms with E-state index in [-0.39, 0.29) is 24.0 Å². The fourth-order valence-corrected chi connectivity index (χ4v) is 3.42. The lowest BCUT2D eigenvalue weighted by Gasteiger charge is -2.26. The van der Waals surface area contributed by atoms with E-state index >= 15 is 0 Å². The average Bonchev–Trinajstić information content (AvgIpc) is 2.69. The fourth-order valence-electron chi connectivity index (χ4n) is 3.42. The number of carbonyl (C=O) groups excluding carboxylic acids is 1. The summed E-state index contributed by atoms with van der Waals surface area (Å²) < 4.78 is 0. The highest BCUT2D eigenvalue weighted by molar-refractivity contribution is 5.82. The van der Waals surface area contributed by atoms with Crippen LogP contribution in [-0.4, -0.2) is 35.3 Å². The first-order valence-electron chi connectivity index (χ1n) is 4.79. The van der Waals surface area contributed by atoms with E-state index in [1.807, 2.05) is 0 Å². The van der Waals surface area contributed by atoms with Crippen LogP contribution in [0.15, 0.2) is 0 Å². The Kier molecular flexibility index (Phi) is 1.34. The second-order valence-electron chi connectivity index (χ2n) is 4.33. The van der Waals surface area contributed by atoms with E-state index in [1.165, 1.54) is 12.2 Å². The van der Waals surface area contributed by atoms with Gasteiger partial charge in [0.05, 0.1) is 19.3 Å². The quantitative estimate of drug-likeness (QED) is 0.611. The summed E-state index contributed by atoms with van der Waals surface area (Å²) in [6, 6.07) is -0.0544. The molecule has 3 rings (SSSR count). The van der Waals surface area contributed by atoms with Crippen LogP contribution in [0.4, 0.5) is 0 Å². The minimum absolute atomic E-state index is 0.0544. The number of fused-ring (bicyclic) bond motifs is 1. The largest absolute Gasteiger partial charge is 0.391 e. The third kappa shape index (κ3) is 0.718.